The maximum Gasteiger partial charge on any atom is 0.326 e. The van der Waals surface area contributed by atoms with Gasteiger partial charge in [-0.3, -0.25) is 0 Å². The van der Waals surface area contributed by atoms with Crippen LogP contribution in [-0.2, 0) is 4.79 Å². The largest absolute Gasteiger partial charge is 0.495 e. The molecule has 1 aromatic carbocycles. The molecule has 0 saturated heterocycles. The normalized spacial score (nSPS) is 13.1. The van der Waals surface area contributed by atoms with Crippen molar-refractivity contribution in [2.45, 2.75) is 26.3 Å². The molecule has 0 radical (unpaired) electrons. The summed E-state index contributed by atoms with van der Waals surface area (Å²) in [6.07, 6.45) is 0.645. The third-order valence-electron chi connectivity index (χ3n) is 3.17. The molecule has 1 aromatic rings. The highest BCUT2D eigenvalue weighted by atomic mass is 35.5. The predicted octanol–water partition coefficient (Wildman–Crippen LogP) is 2.97. The first-order valence-electron chi connectivity index (χ1n) is 6.52. The lowest BCUT2D eigenvalue weighted by atomic mass is 9.99. The summed E-state index contributed by atoms with van der Waals surface area (Å²) in [7, 11) is 1.47. The van der Waals surface area contributed by atoms with Crippen molar-refractivity contribution in [3.63, 3.8) is 0 Å². The Hall–Kier alpha value is -1.95. The SMILES string of the molecule is CCC(C)[C@H](NC(=O)Nc1ccc(Cl)c(OC)c1)C(=O)O. The minimum atomic E-state index is -1.06. The molecule has 1 rings (SSSR count). The number of carbonyl (C=O) groups excluding carboxylic acids is 1. The summed E-state index contributed by atoms with van der Waals surface area (Å²) in [5.41, 5.74) is 0.460. The number of hydrogen-bond acceptors (Lipinski definition) is 3. The molecule has 116 valence electrons. The average Bonchev–Trinajstić information content (AvgIpc) is 2.45. The first kappa shape index (κ1) is 17.1. The summed E-state index contributed by atoms with van der Waals surface area (Å²) in [4.78, 5) is 23.0. The Morgan fingerprint density at radius 1 is 1.43 bits per heavy atom. The Kier molecular flexibility index (Phi) is 6.30. The van der Waals surface area contributed by atoms with E-state index < -0.39 is 18.0 Å². The highest BCUT2D eigenvalue weighted by Gasteiger charge is 2.25. The Balaban J connectivity index is 2.74. The number of carboxylic acids is 1. The van der Waals surface area contributed by atoms with Crippen molar-refractivity contribution in [1.82, 2.24) is 5.32 Å². The second-order valence-electron chi connectivity index (χ2n) is 4.65. The lowest BCUT2D eigenvalue weighted by molar-refractivity contribution is -0.140. The number of anilines is 1. The van der Waals surface area contributed by atoms with Crippen molar-refractivity contribution in [2.75, 3.05) is 12.4 Å². The summed E-state index contributed by atoms with van der Waals surface area (Å²) in [6, 6.07) is 3.21. The molecule has 21 heavy (non-hydrogen) atoms. The van der Waals surface area contributed by atoms with E-state index in [0.29, 0.717) is 22.9 Å². The van der Waals surface area contributed by atoms with E-state index >= 15 is 0 Å². The molecule has 0 spiro atoms. The molecule has 7 heteroatoms. The maximum atomic E-state index is 11.9. The second kappa shape index (κ2) is 7.73. The molecule has 0 heterocycles. The van der Waals surface area contributed by atoms with Crippen LogP contribution in [0, 0.1) is 5.92 Å². The summed E-state index contributed by atoms with van der Waals surface area (Å²) < 4.78 is 5.04. The van der Waals surface area contributed by atoms with Crippen LogP contribution in [0.3, 0.4) is 0 Å². The van der Waals surface area contributed by atoms with Gasteiger partial charge in [0.1, 0.15) is 11.8 Å². The number of halogens is 1. The monoisotopic (exact) mass is 314 g/mol. The molecule has 0 aliphatic carbocycles. The number of aliphatic carboxylic acids is 1. The first-order valence-corrected chi connectivity index (χ1v) is 6.90. The minimum Gasteiger partial charge on any atom is -0.495 e. The third-order valence-corrected chi connectivity index (χ3v) is 3.49. The van der Waals surface area contributed by atoms with Crippen LogP contribution in [0.4, 0.5) is 10.5 Å². The van der Waals surface area contributed by atoms with Gasteiger partial charge in [0, 0.05) is 11.8 Å². The molecule has 0 aromatic heterocycles. The summed E-state index contributed by atoms with van der Waals surface area (Å²) >= 11 is 5.89. The number of rotatable bonds is 6. The molecular weight excluding hydrogens is 296 g/mol. The van der Waals surface area contributed by atoms with Gasteiger partial charge in [-0.1, -0.05) is 31.9 Å². The Morgan fingerprint density at radius 3 is 2.62 bits per heavy atom. The number of benzene rings is 1. The number of methoxy groups -OCH3 is 1. The number of nitrogens with one attached hydrogen (secondary N) is 2. The van der Waals surface area contributed by atoms with Gasteiger partial charge >= 0.3 is 12.0 Å². The van der Waals surface area contributed by atoms with Crippen molar-refractivity contribution in [3.8, 4) is 5.75 Å². The molecule has 0 fully saturated rings. The van der Waals surface area contributed by atoms with Gasteiger partial charge < -0.3 is 20.5 Å². The van der Waals surface area contributed by atoms with Crippen LogP contribution in [0.15, 0.2) is 18.2 Å². The summed E-state index contributed by atoms with van der Waals surface area (Å²) in [6.45, 7) is 3.63. The van der Waals surface area contributed by atoms with Crippen LogP contribution in [0.2, 0.25) is 5.02 Å². The van der Waals surface area contributed by atoms with Crippen LogP contribution >= 0.6 is 11.6 Å². The standard InChI is InChI=1S/C14H19ClN2O4/c1-4-8(2)12(13(18)19)17-14(20)16-9-5-6-10(15)11(7-9)21-3/h5-8,12H,4H2,1-3H3,(H,18,19)(H2,16,17,20)/t8?,12-/m0/s1. The second-order valence-corrected chi connectivity index (χ2v) is 5.06. The fraction of sp³-hybridized carbons (Fsp3) is 0.429. The summed E-state index contributed by atoms with van der Waals surface area (Å²) in [5.74, 6) is -0.813. The molecule has 0 saturated carbocycles. The van der Waals surface area contributed by atoms with E-state index in [4.69, 9.17) is 21.4 Å². The van der Waals surface area contributed by atoms with Crippen LogP contribution < -0.4 is 15.4 Å². The van der Waals surface area contributed by atoms with Gasteiger partial charge in [0.2, 0.25) is 0 Å². The number of carbonyl (C=O) groups is 2. The molecule has 0 aliphatic rings. The van der Waals surface area contributed by atoms with Gasteiger partial charge in [-0.2, -0.15) is 0 Å². The van der Waals surface area contributed by atoms with E-state index in [1.54, 1.807) is 25.1 Å². The van der Waals surface area contributed by atoms with Crippen LogP contribution in [0.25, 0.3) is 0 Å². The summed E-state index contributed by atoms with van der Waals surface area (Å²) in [5, 5.41) is 14.6. The molecule has 2 atom stereocenters. The maximum absolute atomic E-state index is 11.9. The van der Waals surface area contributed by atoms with Gasteiger partial charge in [-0.15, -0.1) is 0 Å². The first-order chi connectivity index (χ1) is 9.88. The number of hydrogen-bond donors (Lipinski definition) is 3. The van der Waals surface area contributed by atoms with Crippen molar-refractivity contribution >= 4 is 29.3 Å². The van der Waals surface area contributed by atoms with Crippen molar-refractivity contribution < 1.29 is 19.4 Å². The lowest BCUT2D eigenvalue weighted by Crippen LogP contribution is -2.46. The van der Waals surface area contributed by atoms with Crippen LogP contribution in [0.1, 0.15) is 20.3 Å². The molecule has 3 N–H and O–H groups in total. The molecular formula is C14H19ClN2O4. The highest BCUT2D eigenvalue weighted by molar-refractivity contribution is 6.32. The predicted molar refractivity (Wildman–Crippen MR) is 81.0 cm³/mol. The average molecular weight is 315 g/mol. The number of ether oxygens (including phenoxy) is 1. The van der Waals surface area contributed by atoms with E-state index in [2.05, 4.69) is 10.6 Å². The number of amides is 2. The Bertz CT molecular complexity index is 522. The zero-order valence-electron chi connectivity index (χ0n) is 12.1. The fourth-order valence-corrected chi connectivity index (χ4v) is 1.92. The molecule has 6 nitrogen and oxygen atoms in total. The van der Waals surface area contributed by atoms with Crippen LogP contribution in [-0.4, -0.2) is 30.3 Å². The Labute approximate surface area is 128 Å². The third kappa shape index (κ3) is 4.82. The van der Waals surface area contributed by atoms with Gasteiger partial charge in [0.15, 0.2) is 0 Å². The van der Waals surface area contributed by atoms with E-state index in [1.165, 1.54) is 7.11 Å². The minimum absolute atomic E-state index is 0.173. The molecule has 0 aliphatic heterocycles. The zero-order valence-corrected chi connectivity index (χ0v) is 12.9. The van der Waals surface area contributed by atoms with Crippen molar-refractivity contribution in [2.24, 2.45) is 5.92 Å². The van der Waals surface area contributed by atoms with Crippen molar-refractivity contribution in [3.05, 3.63) is 23.2 Å². The number of urea groups is 1. The van der Waals surface area contributed by atoms with Crippen LogP contribution in [0.5, 0.6) is 5.75 Å². The zero-order chi connectivity index (χ0) is 16.0. The topological polar surface area (TPSA) is 87.7 Å². The quantitative estimate of drug-likeness (QED) is 0.753. The van der Waals surface area contributed by atoms with E-state index in [0.717, 1.165) is 0 Å². The van der Waals surface area contributed by atoms with Gasteiger partial charge in [-0.25, -0.2) is 9.59 Å². The molecule has 2 amide bonds. The smallest absolute Gasteiger partial charge is 0.326 e. The fourth-order valence-electron chi connectivity index (χ4n) is 1.73. The van der Waals surface area contributed by atoms with Crippen molar-refractivity contribution in [1.29, 1.82) is 0 Å². The molecule has 1 unspecified atom stereocenters. The van der Waals surface area contributed by atoms with Gasteiger partial charge in [-0.05, 0) is 18.1 Å². The van der Waals surface area contributed by atoms with E-state index in [1.807, 2.05) is 6.92 Å². The molecule has 0 bridgehead atoms. The van der Waals surface area contributed by atoms with Gasteiger partial charge in [0.25, 0.3) is 0 Å². The Morgan fingerprint density at radius 2 is 2.10 bits per heavy atom. The van der Waals surface area contributed by atoms with E-state index in [-0.39, 0.29) is 5.92 Å². The van der Waals surface area contributed by atoms with Gasteiger partial charge in [0.05, 0.1) is 12.1 Å². The van der Waals surface area contributed by atoms with E-state index in [9.17, 15) is 9.59 Å². The lowest BCUT2D eigenvalue weighted by Gasteiger charge is -2.20. The number of carboxylic acid groups (broad SMARTS) is 1. The highest BCUT2D eigenvalue weighted by Crippen LogP contribution is 2.27.